The maximum Gasteiger partial charge on any atom is 0.433 e. The molecule has 0 amide bonds. The van der Waals surface area contributed by atoms with Crippen LogP contribution in [-0.4, -0.2) is 18.3 Å². The smallest absolute Gasteiger partial charge is 0.258 e. The second kappa shape index (κ2) is 5.09. The van der Waals surface area contributed by atoms with E-state index in [0.717, 1.165) is 0 Å². The Kier molecular flexibility index (Phi) is 4.20. The zero-order valence-electron chi connectivity index (χ0n) is 8.86. The number of alkyl halides is 5. The molecule has 1 aromatic heterocycles. The molecule has 0 aliphatic heterocycles. The van der Waals surface area contributed by atoms with E-state index in [1.54, 1.807) is 0 Å². The van der Waals surface area contributed by atoms with Gasteiger partial charge in [-0.2, -0.15) is 13.2 Å². The molecule has 0 N–H and O–H groups in total. The summed E-state index contributed by atoms with van der Waals surface area (Å²) in [4.78, 5) is 11.4. The maximum atomic E-state index is 12.6. The molecule has 0 atom stereocenters. The summed E-state index contributed by atoms with van der Waals surface area (Å²) in [7, 11) is -0.432. The molecular weight excluding hydrogens is 339 g/mol. The Bertz CT molecular complexity index is 660. The van der Waals surface area contributed by atoms with Crippen LogP contribution < -0.4 is 0 Å². The molecule has 6 nitrogen and oxygen atoms in total. The number of hydrogen-bond donors (Lipinski definition) is 0. The Morgan fingerprint density at radius 3 is 2.15 bits per heavy atom. The molecule has 0 bridgehead atoms. The number of rotatable bonds is 3. The van der Waals surface area contributed by atoms with Crippen LogP contribution in [0.25, 0.3) is 0 Å². The van der Waals surface area contributed by atoms with E-state index in [1.165, 1.54) is 0 Å². The Balaban J connectivity index is 3.89. The summed E-state index contributed by atoms with van der Waals surface area (Å²) in [6.07, 6.45) is -9.01. The minimum atomic E-state index is -5.28. The number of hydrogen-bond acceptors (Lipinski definition) is 5. The summed E-state index contributed by atoms with van der Waals surface area (Å²) >= 11 is 0. The first-order chi connectivity index (χ1) is 8.85. The van der Waals surface area contributed by atoms with Gasteiger partial charge in [0, 0.05) is 10.7 Å². The fourth-order valence-electron chi connectivity index (χ4n) is 1.20. The van der Waals surface area contributed by atoms with Crippen molar-refractivity contribution in [2.45, 2.75) is 17.6 Å². The predicted octanol–water partition coefficient (Wildman–Crippen LogP) is 2.87. The van der Waals surface area contributed by atoms with E-state index in [-0.39, 0.29) is 6.07 Å². The average Bonchev–Trinajstić information content (AvgIpc) is 2.24. The Morgan fingerprint density at radius 1 is 1.35 bits per heavy atom. The number of halogens is 6. The first-order valence-corrected chi connectivity index (χ1v) is 6.66. The van der Waals surface area contributed by atoms with Crippen molar-refractivity contribution in [1.82, 2.24) is 4.98 Å². The molecule has 20 heavy (non-hydrogen) atoms. The predicted molar refractivity (Wildman–Crippen MR) is 53.9 cm³/mol. The number of nitrogens with zero attached hydrogens (tertiary/aromatic N) is 2. The van der Waals surface area contributed by atoms with Crippen LogP contribution in [0.3, 0.4) is 0 Å². The molecule has 0 radical (unpaired) electrons. The molecule has 1 rings (SSSR count). The third-order valence-electron chi connectivity index (χ3n) is 1.93. The van der Waals surface area contributed by atoms with Crippen LogP contribution in [0, 0.1) is 10.1 Å². The molecule has 0 aromatic carbocycles. The van der Waals surface area contributed by atoms with Gasteiger partial charge in [-0.25, -0.2) is 22.2 Å². The van der Waals surface area contributed by atoms with Crippen LogP contribution in [0.4, 0.5) is 27.6 Å². The highest BCUT2D eigenvalue weighted by Gasteiger charge is 2.41. The molecule has 0 saturated heterocycles. The van der Waals surface area contributed by atoms with Crippen LogP contribution in [0.1, 0.15) is 17.7 Å². The first-order valence-electron chi connectivity index (χ1n) is 4.35. The molecule has 112 valence electrons. The van der Waals surface area contributed by atoms with Gasteiger partial charge >= 0.3 is 11.9 Å². The van der Waals surface area contributed by atoms with Crippen LogP contribution in [0.2, 0.25) is 0 Å². The fourth-order valence-corrected chi connectivity index (χ4v) is 2.15. The van der Waals surface area contributed by atoms with Crippen molar-refractivity contribution in [2.24, 2.45) is 0 Å². The molecule has 13 heteroatoms. The Labute approximate surface area is 111 Å². The highest BCUT2D eigenvalue weighted by Crippen LogP contribution is 2.39. The van der Waals surface area contributed by atoms with Crippen molar-refractivity contribution < 1.29 is 35.3 Å². The number of aromatic nitrogens is 1. The van der Waals surface area contributed by atoms with Crippen molar-refractivity contribution in [3.63, 3.8) is 0 Å². The highest BCUT2D eigenvalue weighted by molar-refractivity contribution is 8.13. The highest BCUT2D eigenvalue weighted by atomic mass is 35.7. The lowest BCUT2D eigenvalue weighted by molar-refractivity contribution is -0.389. The molecular formula is C7H2ClF5N2O4S. The molecule has 0 aliphatic carbocycles. The van der Waals surface area contributed by atoms with Gasteiger partial charge in [0.15, 0.2) is 0 Å². The molecule has 0 unspecified atom stereocenters. The minimum absolute atomic E-state index is 0.297. The topological polar surface area (TPSA) is 90.2 Å². The second-order valence-corrected chi connectivity index (χ2v) is 5.73. The van der Waals surface area contributed by atoms with E-state index < -0.39 is 48.5 Å². The van der Waals surface area contributed by atoms with Gasteiger partial charge in [-0.05, 0) is 6.07 Å². The van der Waals surface area contributed by atoms with Gasteiger partial charge in [-0.15, -0.1) is 0 Å². The van der Waals surface area contributed by atoms with Gasteiger partial charge in [0.05, 0.1) is 4.92 Å². The van der Waals surface area contributed by atoms with Crippen molar-refractivity contribution in [3.05, 3.63) is 27.4 Å². The molecule has 1 heterocycles. The third kappa shape index (κ3) is 3.30. The van der Waals surface area contributed by atoms with Crippen LogP contribution in [0.15, 0.2) is 11.1 Å². The second-order valence-electron chi connectivity index (χ2n) is 3.24. The lowest BCUT2D eigenvalue weighted by Crippen LogP contribution is -2.14. The lowest BCUT2D eigenvalue weighted by atomic mass is 10.2. The lowest BCUT2D eigenvalue weighted by Gasteiger charge is -2.10. The fraction of sp³-hybridized carbons (Fsp3) is 0.286. The number of pyridine rings is 1. The maximum absolute atomic E-state index is 12.6. The summed E-state index contributed by atoms with van der Waals surface area (Å²) in [5.74, 6) is 0. The van der Waals surface area contributed by atoms with E-state index in [9.17, 15) is 40.5 Å². The molecule has 0 saturated carbocycles. The monoisotopic (exact) mass is 340 g/mol. The van der Waals surface area contributed by atoms with Gasteiger partial charge in [0.1, 0.15) is 11.3 Å². The number of nitro groups is 1. The van der Waals surface area contributed by atoms with Gasteiger partial charge in [-0.1, -0.05) is 0 Å². The van der Waals surface area contributed by atoms with Crippen LogP contribution in [0.5, 0.6) is 0 Å². The molecule has 1 aromatic rings. The van der Waals surface area contributed by atoms with Crippen molar-refractivity contribution in [2.75, 3.05) is 0 Å². The van der Waals surface area contributed by atoms with Crippen LogP contribution in [-0.2, 0) is 15.2 Å². The van der Waals surface area contributed by atoms with Crippen LogP contribution >= 0.6 is 10.7 Å². The standard InChI is InChI=1S/C7H2ClF5N2O4S/c8-20(18,19)6-4(15(16)17)2(5(9)10)1-3(14-6)7(11,12)13/h1,5H. The SMILES string of the molecule is O=[N+]([O-])c1c(C(F)F)cc(C(F)(F)F)nc1S(=O)(=O)Cl. The zero-order valence-corrected chi connectivity index (χ0v) is 10.4. The summed E-state index contributed by atoms with van der Waals surface area (Å²) in [5.41, 5.74) is -5.56. The first kappa shape index (κ1) is 16.5. The summed E-state index contributed by atoms with van der Waals surface area (Å²) in [5, 5.41) is 8.70. The van der Waals surface area contributed by atoms with E-state index in [2.05, 4.69) is 4.98 Å². The van der Waals surface area contributed by atoms with E-state index >= 15 is 0 Å². The third-order valence-corrected chi connectivity index (χ3v) is 3.11. The van der Waals surface area contributed by atoms with Gasteiger partial charge in [0.25, 0.3) is 15.5 Å². The van der Waals surface area contributed by atoms with E-state index in [4.69, 9.17) is 10.7 Å². The largest absolute Gasteiger partial charge is 0.433 e. The quantitative estimate of drug-likeness (QED) is 0.365. The normalized spacial score (nSPS) is 12.8. The van der Waals surface area contributed by atoms with Crippen molar-refractivity contribution >= 4 is 25.4 Å². The summed E-state index contributed by atoms with van der Waals surface area (Å²) < 4.78 is 84.4. The van der Waals surface area contributed by atoms with Gasteiger partial charge in [-0.3, -0.25) is 10.1 Å². The van der Waals surface area contributed by atoms with E-state index in [1.807, 2.05) is 0 Å². The Morgan fingerprint density at radius 2 is 1.85 bits per heavy atom. The molecule has 0 spiro atoms. The molecule has 0 fully saturated rings. The zero-order chi connectivity index (χ0) is 15.9. The average molecular weight is 341 g/mol. The Hall–Kier alpha value is -1.56. The summed E-state index contributed by atoms with van der Waals surface area (Å²) in [6.45, 7) is 0. The van der Waals surface area contributed by atoms with Crippen molar-refractivity contribution in [1.29, 1.82) is 0 Å². The van der Waals surface area contributed by atoms with E-state index in [0.29, 0.717) is 0 Å². The summed E-state index contributed by atoms with van der Waals surface area (Å²) in [6, 6.07) is -0.297. The van der Waals surface area contributed by atoms with Crippen molar-refractivity contribution in [3.8, 4) is 0 Å². The minimum Gasteiger partial charge on any atom is -0.258 e. The van der Waals surface area contributed by atoms with Gasteiger partial charge in [0.2, 0.25) is 5.03 Å². The van der Waals surface area contributed by atoms with Gasteiger partial charge < -0.3 is 0 Å². The molecule has 0 aliphatic rings.